The number of nitrogens with zero attached hydrogens (tertiary/aromatic N) is 5. The predicted molar refractivity (Wildman–Crippen MR) is 97.7 cm³/mol. The summed E-state index contributed by atoms with van der Waals surface area (Å²) in [7, 11) is 0. The van der Waals surface area contributed by atoms with Crippen molar-refractivity contribution in [1.29, 1.82) is 0 Å². The first-order valence-electron chi connectivity index (χ1n) is 7.93. The third-order valence-electron chi connectivity index (χ3n) is 3.68. The van der Waals surface area contributed by atoms with Gasteiger partial charge in [-0.05, 0) is 31.2 Å². The summed E-state index contributed by atoms with van der Waals surface area (Å²) in [5, 5.41) is 13.8. The molecule has 0 unspecified atom stereocenters. The van der Waals surface area contributed by atoms with Crippen LogP contribution in [0.25, 0.3) is 23.0 Å². The van der Waals surface area contributed by atoms with E-state index < -0.39 is 0 Å². The van der Waals surface area contributed by atoms with E-state index in [1.165, 1.54) is 11.8 Å². The quantitative estimate of drug-likeness (QED) is 0.448. The van der Waals surface area contributed by atoms with Crippen LogP contribution >= 0.6 is 23.4 Å². The molecule has 0 aliphatic rings. The number of benzene rings is 1. The number of halogens is 1. The van der Waals surface area contributed by atoms with Gasteiger partial charge in [-0.15, -0.1) is 10.2 Å². The van der Waals surface area contributed by atoms with E-state index in [4.69, 9.17) is 20.5 Å². The largest absolute Gasteiger partial charge is 0.461 e. The zero-order valence-corrected chi connectivity index (χ0v) is 15.4. The summed E-state index contributed by atoms with van der Waals surface area (Å²) in [6.07, 6.45) is 1.62. The van der Waals surface area contributed by atoms with Crippen molar-refractivity contribution in [3.05, 3.63) is 53.5 Å². The SMILES string of the molecule is CCn1c(SCc2noc(-c3ccccc3Cl)n2)nnc1-c1ccco1. The predicted octanol–water partition coefficient (Wildman–Crippen LogP) is 4.55. The fraction of sp³-hybridized carbons (Fsp3) is 0.176. The fourth-order valence-corrected chi connectivity index (χ4v) is 3.52. The van der Waals surface area contributed by atoms with Crippen LogP contribution in [-0.4, -0.2) is 24.9 Å². The molecule has 3 aromatic heterocycles. The van der Waals surface area contributed by atoms with E-state index in [1.54, 1.807) is 12.3 Å². The van der Waals surface area contributed by atoms with Crippen LogP contribution < -0.4 is 0 Å². The van der Waals surface area contributed by atoms with Crippen LogP contribution in [0.4, 0.5) is 0 Å². The molecule has 0 saturated carbocycles. The molecule has 0 amide bonds. The van der Waals surface area contributed by atoms with E-state index in [9.17, 15) is 0 Å². The van der Waals surface area contributed by atoms with Crippen molar-refractivity contribution in [2.75, 3.05) is 0 Å². The van der Waals surface area contributed by atoms with E-state index in [1.807, 2.05) is 41.8 Å². The van der Waals surface area contributed by atoms with E-state index >= 15 is 0 Å². The van der Waals surface area contributed by atoms with Gasteiger partial charge in [0.05, 0.1) is 22.6 Å². The van der Waals surface area contributed by atoms with Crippen molar-refractivity contribution in [2.24, 2.45) is 0 Å². The summed E-state index contributed by atoms with van der Waals surface area (Å²) in [6, 6.07) is 11.0. The van der Waals surface area contributed by atoms with Gasteiger partial charge in [-0.1, -0.05) is 40.7 Å². The van der Waals surface area contributed by atoms with Gasteiger partial charge in [-0.3, -0.25) is 4.57 Å². The van der Waals surface area contributed by atoms with Crippen molar-refractivity contribution in [2.45, 2.75) is 24.4 Å². The summed E-state index contributed by atoms with van der Waals surface area (Å²) in [4.78, 5) is 4.41. The van der Waals surface area contributed by atoms with Crippen LogP contribution in [0, 0.1) is 0 Å². The molecule has 3 heterocycles. The van der Waals surface area contributed by atoms with Crippen molar-refractivity contribution in [3.63, 3.8) is 0 Å². The van der Waals surface area contributed by atoms with Crippen LogP contribution in [0.1, 0.15) is 12.7 Å². The standard InChI is InChI=1S/C17H14ClN5O2S/c1-2-23-15(13-8-5-9-24-13)20-21-17(23)26-10-14-19-16(25-22-14)11-6-3-4-7-12(11)18/h3-9H,2,10H2,1H3. The Labute approximate surface area is 158 Å². The minimum Gasteiger partial charge on any atom is -0.461 e. The Kier molecular flexibility index (Phi) is 4.77. The molecule has 0 bridgehead atoms. The van der Waals surface area contributed by atoms with Crippen LogP contribution in [-0.2, 0) is 12.3 Å². The third kappa shape index (κ3) is 3.25. The Balaban J connectivity index is 1.51. The smallest absolute Gasteiger partial charge is 0.259 e. The van der Waals surface area contributed by atoms with Gasteiger partial charge in [0.25, 0.3) is 5.89 Å². The highest BCUT2D eigenvalue weighted by atomic mass is 35.5. The maximum atomic E-state index is 6.17. The molecule has 4 rings (SSSR count). The fourth-order valence-electron chi connectivity index (χ4n) is 2.45. The summed E-state index contributed by atoms with van der Waals surface area (Å²) in [5.41, 5.74) is 0.717. The molecule has 1 aromatic carbocycles. The van der Waals surface area contributed by atoms with Gasteiger partial charge >= 0.3 is 0 Å². The molecule has 0 radical (unpaired) electrons. The second kappa shape index (κ2) is 7.35. The van der Waals surface area contributed by atoms with Crippen LogP contribution in [0.5, 0.6) is 0 Å². The summed E-state index contributed by atoms with van der Waals surface area (Å²) >= 11 is 7.65. The molecule has 0 N–H and O–H groups in total. The molecule has 0 atom stereocenters. The third-order valence-corrected chi connectivity index (χ3v) is 4.97. The minimum absolute atomic E-state index is 0.402. The monoisotopic (exact) mass is 387 g/mol. The molecule has 9 heteroatoms. The molecule has 0 spiro atoms. The van der Waals surface area contributed by atoms with Gasteiger partial charge in [-0.2, -0.15) is 4.98 Å². The number of aromatic nitrogens is 5. The normalized spacial score (nSPS) is 11.2. The number of hydrogen-bond acceptors (Lipinski definition) is 7. The van der Waals surface area contributed by atoms with E-state index in [-0.39, 0.29) is 0 Å². The average Bonchev–Trinajstić information content (AvgIpc) is 3.39. The average molecular weight is 388 g/mol. The van der Waals surface area contributed by atoms with Crippen molar-refractivity contribution in [1.82, 2.24) is 24.9 Å². The Morgan fingerprint density at radius 1 is 1.15 bits per heavy atom. The zero-order valence-electron chi connectivity index (χ0n) is 13.8. The first-order valence-corrected chi connectivity index (χ1v) is 9.30. The second-order valence-corrected chi connectivity index (χ2v) is 6.66. The van der Waals surface area contributed by atoms with Gasteiger partial charge in [0.2, 0.25) is 0 Å². The molecule has 0 aliphatic heterocycles. The van der Waals surface area contributed by atoms with Crippen molar-refractivity contribution < 1.29 is 8.94 Å². The summed E-state index contributed by atoms with van der Waals surface area (Å²) in [6.45, 7) is 2.76. The highest BCUT2D eigenvalue weighted by molar-refractivity contribution is 7.98. The molecule has 132 valence electrons. The molecule has 4 aromatic rings. The van der Waals surface area contributed by atoms with Crippen molar-refractivity contribution >= 4 is 23.4 Å². The first-order chi connectivity index (χ1) is 12.8. The van der Waals surface area contributed by atoms with Crippen molar-refractivity contribution in [3.8, 4) is 23.0 Å². The molecular weight excluding hydrogens is 374 g/mol. The highest BCUT2D eigenvalue weighted by Gasteiger charge is 2.17. The summed E-state index contributed by atoms with van der Waals surface area (Å²) in [5.74, 6) is 2.86. The van der Waals surface area contributed by atoms with Gasteiger partial charge < -0.3 is 8.94 Å². The molecular formula is C17H14ClN5O2S. The maximum Gasteiger partial charge on any atom is 0.259 e. The van der Waals surface area contributed by atoms with Crippen LogP contribution in [0.2, 0.25) is 5.02 Å². The number of rotatable bonds is 6. The second-order valence-electron chi connectivity index (χ2n) is 5.31. The Morgan fingerprint density at radius 3 is 2.81 bits per heavy atom. The maximum absolute atomic E-state index is 6.17. The van der Waals surface area contributed by atoms with Crippen LogP contribution in [0.15, 0.2) is 56.8 Å². The first kappa shape index (κ1) is 16.9. The van der Waals surface area contributed by atoms with Crippen LogP contribution in [0.3, 0.4) is 0 Å². The lowest BCUT2D eigenvalue weighted by atomic mass is 10.2. The minimum atomic E-state index is 0.402. The Bertz CT molecular complexity index is 1010. The highest BCUT2D eigenvalue weighted by Crippen LogP contribution is 2.28. The molecule has 26 heavy (non-hydrogen) atoms. The van der Waals surface area contributed by atoms with Gasteiger partial charge in [0.15, 0.2) is 22.6 Å². The zero-order chi connectivity index (χ0) is 17.9. The Hall–Kier alpha value is -2.58. The van der Waals surface area contributed by atoms with Gasteiger partial charge in [0, 0.05) is 6.54 Å². The number of hydrogen-bond donors (Lipinski definition) is 0. The molecule has 0 fully saturated rings. The molecule has 0 saturated heterocycles. The lowest BCUT2D eigenvalue weighted by Gasteiger charge is -2.04. The van der Waals surface area contributed by atoms with Gasteiger partial charge in [0.1, 0.15) is 0 Å². The van der Waals surface area contributed by atoms with E-state index in [0.717, 1.165) is 17.3 Å². The topological polar surface area (TPSA) is 82.8 Å². The number of thioether (sulfide) groups is 1. The Morgan fingerprint density at radius 2 is 2.04 bits per heavy atom. The molecule has 7 nitrogen and oxygen atoms in total. The van der Waals surface area contributed by atoms with E-state index in [0.29, 0.717) is 34.1 Å². The lowest BCUT2D eigenvalue weighted by molar-refractivity contribution is 0.425. The summed E-state index contributed by atoms with van der Waals surface area (Å²) < 4.78 is 12.7. The lowest BCUT2D eigenvalue weighted by Crippen LogP contribution is -1.99. The van der Waals surface area contributed by atoms with Gasteiger partial charge in [-0.25, -0.2) is 0 Å². The van der Waals surface area contributed by atoms with E-state index in [2.05, 4.69) is 20.3 Å². The molecule has 0 aliphatic carbocycles. The number of furan rings is 1.